The summed E-state index contributed by atoms with van der Waals surface area (Å²) in [6.45, 7) is 3.20. The SMILES string of the molecule is CC(C)(O)CC=O.[NaH]. The average Bonchev–Trinajstić information content (AvgIpc) is 1.30. The van der Waals surface area contributed by atoms with Gasteiger partial charge in [-0.3, -0.25) is 0 Å². The molecule has 0 atom stereocenters. The third-order valence-electron chi connectivity index (χ3n) is 0.583. The van der Waals surface area contributed by atoms with Gasteiger partial charge in [0.05, 0.1) is 5.60 Å². The van der Waals surface area contributed by atoms with Crippen LogP contribution in [0.5, 0.6) is 0 Å². The Kier molecular flexibility index (Phi) is 6.43. The molecule has 44 valence electrons. The molecule has 0 fully saturated rings. The van der Waals surface area contributed by atoms with Crippen molar-refractivity contribution in [1.29, 1.82) is 0 Å². The molecule has 0 aromatic rings. The first-order chi connectivity index (χ1) is 3.06. The van der Waals surface area contributed by atoms with E-state index in [0.29, 0.717) is 6.29 Å². The Morgan fingerprint density at radius 2 is 2.00 bits per heavy atom. The minimum atomic E-state index is -0.818. The molecule has 0 radical (unpaired) electrons. The van der Waals surface area contributed by atoms with Crippen LogP contribution in [0, 0.1) is 0 Å². The molecule has 0 aliphatic carbocycles. The van der Waals surface area contributed by atoms with Crippen LogP contribution in [0.2, 0.25) is 0 Å². The van der Waals surface area contributed by atoms with Crippen LogP contribution in [0.4, 0.5) is 0 Å². The van der Waals surface area contributed by atoms with E-state index in [9.17, 15) is 4.79 Å². The number of carbonyl (C=O) groups excluding carboxylic acids is 1. The van der Waals surface area contributed by atoms with Crippen molar-refractivity contribution in [2.45, 2.75) is 25.9 Å². The van der Waals surface area contributed by atoms with Crippen molar-refractivity contribution >= 4 is 35.8 Å². The fourth-order valence-corrected chi connectivity index (χ4v) is 0.204. The van der Waals surface area contributed by atoms with Crippen LogP contribution in [0.25, 0.3) is 0 Å². The monoisotopic (exact) mass is 126 g/mol. The van der Waals surface area contributed by atoms with Gasteiger partial charge >= 0.3 is 29.6 Å². The molecule has 0 aliphatic rings. The quantitative estimate of drug-likeness (QED) is 0.407. The Labute approximate surface area is 71.6 Å². The molecule has 0 unspecified atom stereocenters. The Morgan fingerprint density at radius 3 is 2.00 bits per heavy atom. The van der Waals surface area contributed by atoms with Crippen LogP contribution in [0.15, 0.2) is 0 Å². The number of aliphatic hydroxyl groups is 1. The molecule has 8 heavy (non-hydrogen) atoms. The van der Waals surface area contributed by atoms with Gasteiger partial charge in [-0.2, -0.15) is 0 Å². The second-order valence-electron chi connectivity index (χ2n) is 2.18. The summed E-state index contributed by atoms with van der Waals surface area (Å²) in [4.78, 5) is 9.66. The molecule has 3 heteroatoms. The Morgan fingerprint density at radius 1 is 1.62 bits per heavy atom. The fraction of sp³-hybridized carbons (Fsp3) is 0.800. The summed E-state index contributed by atoms with van der Waals surface area (Å²) in [5.74, 6) is 0. The molecule has 0 aromatic carbocycles. The number of aldehydes is 1. The van der Waals surface area contributed by atoms with Gasteiger partial charge in [0.2, 0.25) is 0 Å². The third-order valence-corrected chi connectivity index (χ3v) is 0.583. The van der Waals surface area contributed by atoms with Crippen molar-refractivity contribution in [3.05, 3.63) is 0 Å². The molecule has 0 aliphatic heterocycles. The Balaban J connectivity index is 0. The van der Waals surface area contributed by atoms with Gasteiger partial charge in [-0.05, 0) is 13.8 Å². The molecule has 0 bridgehead atoms. The molecule has 0 rings (SSSR count). The van der Waals surface area contributed by atoms with Gasteiger partial charge in [-0.25, -0.2) is 0 Å². The molecular formula is C5H11NaO2. The third kappa shape index (κ3) is 9.80. The molecule has 0 heterocycles. The van der Waals surface area contributed by atoms with Crippen molar-refractivity contribution in [2.24, 2.45) is 0 Å². The minimum absolute atomic E-state index is 0. The van der Waals surface area contributed by atoms with Crippen LogP contribution in [0.1, 0.15) is 20.3 Å². The zero-order valence-electron chi connectivity index (χ0n) is 4.64. The van der Waals surface area contributed by atoms with Crippen LogP contribution in [-0.4, -0.2) is 46.6 Å². The van der Waals surface area contributed by atoms with Crippen LogP contribution in [-0.2, 0) is 4.79 Å². The number of carbonyl (C=O) groups is 1. The van der Waals surface area contributed by atoms with E-state index in [2.05, 4.69) is 0 Å². The molecule has 0 saturated carbocycles. The normalized spacial score (nSPS) is 9.88. The summed E-state index contributed by atoms with van der Waals surface area (Å²) in [5, 5.41) is 8.79. The first-order valence-corrected chi connectivity index (χ1v) is 2.22. The van der Waals surface area contributed by atoms with Crippen molar-refractivity contribution in [3.8, 4) is 0 Å². The topological polar surface area (TPSA) is 37.3 Å². The van der Waals surface area contributed by atoms with Gasteiger partial charge in [-0.15, -0.1) is 0 Å². The van der Waals surface area contributed by atoms with Crippen LogP contribution < -0.4 is 0 Å². The van der Waals surface area contributed by atoms with Crippen molar-refractivity contribution in [1.82, 2.24) is 0 Å². The molecule has 0 aromatic heterocycles. The molecule has 0 spiro atoms. The maximum atomic E-state index is 9.66. The molecule has 0 saturated heterocycles. The molecule has 2 nitrogen and oxygen atoms in total. The van der Waals surface area contributed by atoms with E-state index >= 15 is 0 Å². The van der Waals surface area contributed by atoms with Crippen LogP contribution in [0.3, 0.4) is 0 Å². The van der Waals surface area contributed by atoms with Gasteiger partial charge in [0, 0.05) is 6.42 Å². The van der Waals surface area contributed by atoms with Crippen molar-refractivity contribution < 1.29 is 9.90 Å². The van der Waals surface area contributed by atoms with Crippen molar-refractivity contribution in [2.75, 3.05) is 0 Å². The number of hydrogen-bond acceptors (Lipinski definition) is 2. The fourth-order valence-electron chi connectivity index (χ4n) is 0.204. The second-order valence-corrected chi connectivity index (χ2v) is 2.18. The second kappa shape index (κ2) is 4.50. The van der Waals surface area contributed by atoms with Gasteiger partial charge in [0.15, 0.2) is 0 Å². The Bertz CT molecular complexity index is 65.3. The van der Waals surface area contributed by atoms with Crippen molar-refractivity contribution in [3.63, 3.8) is 0 Å². The molecular weight excluding hydrogens is 115 g/mol. The predicted octanol–water partition coefficient (Wildman–Crippen LogP) is -0.302. The Hall–Kier alpha value is 0.630. The summed E-state index contributed by atoms with van der Waals surface area (Å²) in [6.07, 6.45) is 0.924. The maximum absolute atomic E-state index is 9.66. The van der Waals surface area contributed by atoms with E-state index in [4.69, 9.17) is 5.11 Å². The van der Waals surface area contributed by atoms with Gasteiger partial charge < -0.3 is 9.90 Å². The van der Waals surface area contributed by atoms with E-state index in [1.165, 1.54) is 0 Å². The summed E-state index contributed by atoms with van der Waals surface area (Å²) in [7, 11) is 0. The summed E-state index contributed by atoms with van der Waals surface area (Å²) >= 11 is 0. The first kappa shape index (κ1) is 11.4. The standard InChI is InChI=1S/C5H10O2.Na.H/c1-5(2,7)3-4-6;;/h4,7H,3H2,1-2H3;;. The first-order valence-electron chi connectivity index (χ1n) is 2.22. The number of rotatable bonds is 2. The van der Waals surface area contributed by atoms with Gasteiger partial charge in [0.1, 0.15) is 6.29 Å². The van der Waals surface area contributed by atoms with E-state index in [1.807, 2.05) is 0 Å². The summed E-state index contributed by atoms with van der Waals surface area (Å²) < 4.78 is 0. The van der Waals surface area contributed by atoms with Crippen LogP contribution >= 0.6 is 0 Å². The van der Waals surface area contributed by atoms with Gasteiger partial charge in [-0.1, -0.05) is 0 Å². The summed E-state index contributed by atoms with van der Waals surface area (Å²) in [5.41, 5.74) is -0.818. The zero-order valence-corrected chi connectivity index (χ0v) is 4.64. The van der Waals surface area contributed by atoms with E-state index in [1.54, 1.807) is 13.8 Å². The average molecular weight is 126 g/mol. The zero-order chi connectivity index (χ0) is 5.91. The summed E-state index contributed by atoms with van der Waals surface area (Å²) in [6, 6.07) is 0. The number of hydrogen-bond donors (Lipinski definition) is 1. The molecule has 0 amide bonds. The predicted molar refractivity (Wildman–Crippen MR) is 34.1 cm³/mol. The van der Waals surface area contributed by atoms with E-state index < -0.39 is 5.60 Å². The molecule has 1 N–H and O–H groups in total. The van der Waals surface area contributed by atoms with Gasteiger partial charge in [0.25, 0.3) is 0 Å². The van der Waals surface area contributed by atoms with E-state index in [0.717, 1.165) is 0 Å². The van der Waals surface area contributed by atoms with E-state index in [-0.39, 0.29) is 36.0 Å².